The second-order valence-corrected chi connectivity index (χ2v) is 7.79. The summed E-state index contributed by atoms with van der Waals surface area (Å²) in [6.45, 7) is 1.86. The van der Waals surface area contributed by atoms with Crippen LogP contribution in [0, 0.1) is 17.2 Å². The molecule has 2 aromatic rings. The highest BCUT2D eigenvalue weighted by Crippen LogP contribution is 2.39. The molecule has 1 aliphatic carbocycles. The van der Waals surface area contributed by atoms with Gasteiger partial charge in [-0.05, 0) is 42.7 Å². The van der Waals surface area contributed by atoms with E-state index in [0.29, 0.717) is 12.0 Å². The van der Waals surface area contributed by atoms with Gasteiger partial charge in [0.2, 0.25) is 0 Å². The Kier molecular flexibility index (Phi) is 6.22. The van der Waals surface area contributed by atoms with Gasteiger partial charge in [0.05, 0.1) is 12.2 Å². The molecule has 0 amide bonds. The molecule has 3 fully saturated rings. The molecule has 3 atom stereocenters. The number of rotatable bonds is 5. The third-order valence-corrected chi connectivity index (χ3v) is 6.41. The van der Waals surface area contributed by atoms with Crippen LogP contribution in [-0.4, -0.2) is 35.2 Å². The van der Waals surface area contributed by atoms with Crippen molar-refractivity contribution in [3.8, 4) is 6.07 Å². The average Bonchev–Trinajstić information content (AvgIpc) is 2.71. The maximum absolute atomic E-state index is 10.3. The van der Waals surface area contributed by atoms with E-state index in [1.165, 1.54) is 6.42 Å². The first kappa shape index (κ1) is 19.9. The number of halogens is 1. The Labute approximate surface area is 168 Å². The van der Waals surface area contributed by atoms with Gasteiger partial charge in [-0.2, -0.15) is 5.26 Å². The molecule has 1 N–H and O–H groups in total. The summed E-state index contributed by atoms with van der Waals surface area (Å²) in [5.41, 5.74) is 1.50. The van der Waals surface area contributed by atoms with E-state index in [1.54, 1.807) is 0 Å². The molecule has 1 saturated carbocycles. The van der Waals surface area contributed by atoms with Crippen molar-refractivity contribution in [2.24, 2.45) is 5.92 Å². The summed E-state index contributed by atoms with van der Waals surface area (Å²) in [5, 5.41) is 20.4. The molecular formula is C23H27ClN2O. The predicted molar refractivity (Wildman–Crippen MR) is 110 cm³/mol. The summed E-state index contributed by atoms with van der Waals surface area (Å²) < 4.78 is 0. The summed E-state index contributed by atoms with van der Waals surface area (Å²) in [5.74, 6) is 0.407. The molecule has 2 aliphatic heterocycles. The minimum absolute atomic E-state index is 0. The fraction of sp³-hybridized carbons (Fsp3) is 0.435. The number of fused-ring (bicyclic) bond motifs is 3. The maximum atomic E-state index is 10.3. The second-order valence-electron chi connectivity index (χ2n) is 7.79. The highest BCUT2D eigenvalue weighted by molar-refractivity contribution is 5.85. The minimum Gasteiger partial charge on any atom is -0.393 e. The Balaban J connectivity index is 0.00000210. The number of benzene rings is 2. The molecule has 2 heterocycles. The zero-order chi connectivity index (χ0) is 18.0. The van der Waals surface area contributed by atoms with Crippen LogP contribution in [-0.2, 0) is 5.41 Å². The Hall–Kier alpha value is -1.86. The first-order valence-corrected chi connectivity index (χ1v) is 9.67. The number of nitrogens with zero attached hydrogens (tertiary/aromatic N) is 2. The van der Waals surface area contributed by atoms with E-state index in [-0.39, 0.29) is 18.5 Å². The van der Waals surface area contributed by atoms with Gasteiger partial charge >= 0.3 is 0 Å². The van der Waals surface area contributed by atoms with Gasteiger partial charge in [0, 0.05) is 19.1 Å². The quantitative estimate of drug-likeness (QED) is 0.844. The Bertz CT molecular complexity index is 734. The SMILES string of the molecule is Cl.N#CC(CCN1CC2CCC1CC2O)(c1ccccc1)c1ccccc1. The smallest absolute Gasteiger partial charge is 0.108 e. The van der Waals surface area contributed by atoms with Crippen LogP contribution >= 0.6 is 12.4 Å². The van der Waals surface area contributed by atoms with Crippen LogP contribution in [0.25, 0.3) is 0 Å². The molecule has 2 aromatic carbocycles. The van der Waals surface area contributed by atoms with Crippen LogP contribution in [0.4, 0.5) is 0 Å². The van der Waals surface area contributed by atoms with E-state index in [4.69, 9.17) is 0 Å². The summed E-state index contributed by atoms with van der Waals surface area (Å²) in [4.78, 5) is 2.51. The molecule has 27 heavy (non-hydrogen) atoms. The van der Waals surface area contributed by atoms with Crippen LogP contribution in [0.3, 0.4) is 0 Å². The van der Waals surface area contributed by atoms with Crippen molar-refractivity contribution in [3.05, 3.63) is 71.8 Å². The lowest BCUT2D eigenvalue weighted by Gasteiger charge is -2.48. The largest absolute Gasteiger partial charge is 0.393 e. The van der Waals surface area contributed by atoms with Gasteiger partial charge in [0.15, 0.2) is 0 Å². The number of hydrogen-bond acceptors (Lipinski definition) is 3. The predicted octanol–water partition coefficient (Wildman–Crippen LogP) is 4.15. The van der Waals surface area contributed by atoms with Crippen molar-refractivity contribution in [1.29, 1.82) is 5.26 Å². The van der Waals surface area contributed by atoms with E-state index in [1.807, 2.05) is 36.4 Å². The fourth-order valence-electron chi connectivity index (χ4n) is 4.85. The molecule has 3 nitrogen and oxygen atoms in total. The summed E-state index contributed by atoms with van der Waals surface area (Å²) in [7, 11) is 0. The van der Waals surface area contributed by atoms with Crippen molar-refractivity contribution in [3.63, 3.8) is 0 Å². The number of aliphatic hydroxyl groups excluding tert-OH is 1. The monoisotopic (exact) mass is 382 g/mol. The Morgan fingerprint density at radius 3 is 2.04 bits per heavy atom. The molecule has 0 aromatic heterocycles. The molecule has 2 saturated heterocycles. The summed E-state index contributed by atoms with van der Waals surface area (Å²) in [6.07, 6.45) is 3.85. The fourth-order valence-corrected chi connectivity index (χ4v) is 4.85. The molecule has 142 valence electrons. The molecular weight excluding hydrogens is 356 g/mol. The molecule has 5 rings (SSSR count). The van der Waals surface area contributed by atoms with Crippen LogP contribution in [0.5, 0.6) is 0 Å². The Morgan fingerprint density at radius 1 is 1.00 bits per heavy atom. The topological polar surface area (TPSA) is 47.3 Å². The first-order chi connectivity index (χ1) is 12.7. The minimum atomic E-state index is -0.627. The van der Waals surface area contributed by atoms with E-state index in [2.05, 4.69) is 35.2 Å². The van der Waals surface area contributed by atoms with Crippen molar-refractivity contribution in [2.45, 2.75) is 43.2 Å². The maximum Gasteiger partial charge on any atom is 0.108 e. The van der Waals surface area contributed by atoms with E-state index >= 15 is 0 Å². The highest BCUT2D eigenvalue weighted by Gasteiger charge is 2.41. The lowest BCUT2D eigenvalue weighted by atomic mass is 9.72. The normalized spacial score (nSPS) is 24.8. The highest BCUT2D eigenvalue weighted by atomic mass is 35.5. The first-order valence-electron chi connectivity index (χ1n) is 9.67. The van der Waals surface area contributed by atoms with Crippen molar-refractivity contribution in [1.82, 2.24) is 4.90 Å². The third kappa shape index (κ3) is 3.75. The van der Waals surface area contributed by atoms with Crippen molar-refractivity contribution in [2.75, 3.05) is 13.1 Å². The lowest BCUT2D eigenvalue weighted by Crippen LogP contribution is -2.54. The number of nitriles is 1. The molecule has 4 heteroatoms. The van der Waals surface area contributed by atoms with Gasteiger partial charge in [-0.3, -0.25) is 4.90 Å². The number of hydrogen-bond donors (Lipinski definition) is 1. The Morgan fingerprint density at radius 2 is 1.59 bits per heavy atom. The summed E-state index contributed by atoms with van der Waals surface area (Å²) in [6, 6.07) is 23.5. The van der Waals surface area contributed by atoms with Gasteiger partial charge in [0.1, 0.15) is 5.41 Å². The summed E-state index contributed by atoms with van der Waals surface area (Å²) >= 11 is 0. The average molecular weight is 383 g/mol. The zero-order valence-electron chi connectivity index (χ0n) is 15.5. The van der Waals surface area contributed by atoms with Crippen LogP contribution < -0.4 is 0 Å². The van der Waals surface area contributed by atoms with Gasteiger partial charge < -0.3 is 5.11 Å². The van der Waals surface area contributed by atoms with E-state index in [0.717, 1.165) is 43.5 Å². The molecule has 2 bridgehead atoms. The van der Waals surface area contributed by atoms with E-state index < -0.39 is 5.41 Å². The lowest BCUT2D eigenvalue weighted by molar-refractivity contribution is -0.0501. The zero-order valence-corrected chi connectivity index (χ0v) is 16.3. The number of piperidine rings is 2. The van der Waals surface area contributed by atoms with Gasteiger partial charge in [-0.25, -0.2) is 0 Å². The van der Waals surface area contributed by atoms with Crippen LogP contribution in [0.2, 0.25) is 0 Å². The van der Waals surface area contributed by atoms with Gasteiger partial charge in [0.25, 0.3) is 0 Å². The molecule has 0 spiro atoms. The van der Waals surface area contributed by atoms with Crippen molar-refractivity contribution < 1.29 is 5.11 Å². The molecule has 3 aliphatic rings. The second kappa shape index (κ2) is 8.44. The van der Waals surface area contributed by atoms with Gasteiger partial charge in [-0.15, -0.1) is 12.4 Å². The van der Waals surface area contributed by atoms with Crippen LogP contribution in [0.1, 0.15) is 36.8 Å². The van der Waals surface area contributed by atoms with E-state index in [9.17, 15) is 10.4 Å². The van der Waals surface area contributed by atoms with Crippen molar-refractivity contribution >= 4 is 12.4 Å². The standard InChI is InChI=1S/C23H26N2O.ClH/c24-17-23(19-7-3-1-4-8-19,20-9-5-2-6-10-20)13-14-25-16-18-11-12-21(25)15-22(18)26;/h1-10,18,21-22,26H,11-16H2;1H. The van der Waals surface area contributed by atoms with Gasteiger partial charge in [-0.1, -0.05) is 60.7 Å². The number of aliphatic hydroxyl groups is 1. The molecule has 0 radical (unpaired) electrons. The van der Waals surface area contributed by atoms with Crippen LogP contribution in [0.15, 0.2) is 60.7 Å². The third-order valence-electron chi connectivity index (χ3n) is 6.41. The molecule has 3 unspecified atom stereocenters.